The van der Waals surface area contributed by atoms with Gasteiger partial charge in [-0.15, -0.1) is 0 Å². The molecule has 0 unspecified atom stereocenters. The fourth-order valence-electron chi connectivity index (χ4n) is 0.136. The van der Waals surface area contributed by atoms with Gasteiger partial charge in [0.15, 0.2) is 6.29 Å². The number of carboxylic acid groups (broad SMARTS) is 1. The van der Waals surface area contributed by atoms with Gasteiger partial charge in [0.1, 0.15) is 5.57 Å². The predicted molar refractivity (Wildman–Crippen MR) is 24.4 cm³/mol. The van der Waals surface area contributed by atoms with E-state index in [0.29, 0.717) is 0 Å². The first kappa shape index (κ1) is 6.68. The molecule has 0 aromatic rings. The first-order valence-electron chi connectivity index (χ1n) is 1.75. The molecule has 4 heteroatoms. The van der Waals surface area contributed by atoms with Crippen LogP contribution in [0.1, 0.15) is 0 Å². The van der Waals surface area contributed by atoms with Gasteiger partial charge in [0.05, 0.1) is 6.26 Å². The molecule has 0 saturated carbocycles. The highest BCUT2D eigenvalue weighted by atomic mass is 16.4. The lowest BCUT2D eigenvalue weighted by Gasteiger charge is -1.82. The zero-order chi connectivity index (χ0) is 6.57. The highest BCUT2D eigenvalue weighted by Gasteiger charge is 2.02. The Bertz CT molecular complexity index is 135. The second-order valence-corrected chi connectivity index (χ2v) is 1.01. The molecule has 0 heterocycles. The summed E-state index contributed by atoms with van der Waals surface area (Å²) in [6, 6.07) is 0. The van der Waals surface area contributed by atoms with Gasteiger partial charge in [-0.1, -0.05) is 0 Å². The van der Waals surface area contributed by atoms with Gasteiger partial charge in [-0.3, -0.25) is 4.79 Å². The average Bonchev–Trinajstić information content (AvgIpc) is 1.69. The Morgan fingerprint density at radius 2 is 2.00 bits per heavy atom. The fourth-order valence-corrected chi connectivity index (χ4v) is 0.136. The van der Waals surface area contributed by atoms with Gasteiger partial charge in [-0.2, -0.15) is 0 Å². The van der Waals surface area contributed by atoms with Crippen LogP contribution in [-0.4, -0.2) is 22.5 Å². The van der Waals surface area contributed by atoms with Crippen molar-refractivity contribution in [2.75, 3.05) is 0 Å². The van der Waals surface area contributed by atoms with Crippen LogP contribution in [0.15, 0.2) is 11.8 Å². The van der Waals surface area contributed by atoms with E-state index in [-0.39, 0.29) is 12.5 Å². The number of carbonyl (C=O) groups excluding carboxylic acids is 1. The number of carboxylic acids is 1. The van der Waals surface area contributed by atoms with Crippen LogP contribution >= 0.6 is 0 Å². The smallest absolute Gasteiger partial charge is 0.342 e. The van der Waals surface area contributed by atoms with Crippen molar-refractivity contribution in [1.82, 2.24) is 0 Å². The van der Waals surface area contributed by atoms with Gasteiger partial charge in [0, 0.05) is 0 Å². The summed E-state index contributed by atoms with van der Waals surface area (Å²) in [7, 11) is 0. The Hall–Kier alpha value is -1.32. The summed E-state index contributed by atoms with van der Waals surface area (Å²) < 4.78 is 0. The summed E-state index contributed by atoms with van der Waals surface area (Å²) in [5, 5.41) is 15.8. The molecule has 0 aliphatic heterocycles. The molecule has 0 rings (SSSR count). The molecule has 0 atom stereocenters. The van der Waals surface area contributed by atoms with Crippen molar-refractivity contribution in [2.24, 2.45) is 0 Å². The van der Waals surface area contributed by atoms with Gasteiger partial charge < -0.3 is 10.2 Å². The van der Waals surface area contributed by atoms with Gasteiger partial charge in [-0.05, 0) is 0 Å². The molecule has 0 fully saturated rings. The Labute approximate surface area is 45.1 Å². The van der Waals surface area contributed by atoms with E-state index in [2.05, 4.69) is 0 Å². The number of aldehydes is 1. The largest absolute Gasteiger partial charge is 0.515 e. The molecule has 4 nitrogen and oxygen atoms in total. The lowest BCUT2D eigenvalue weighted by Crippen LogP contribution is -2.00. The van der Waals surface area contributed by atoms with E-state index in [0.717, 1.165) is 0 Å². The highest BCUT2D eigenvalue weighted by molar-refractivity contribution is 6.06. The lowest BCUT2D eigenvalue weighted by atomic mass is 10.3. The number of hydrogen-bond donors (Lipinski definition) is 2. The van der Waals surface area contributed by atoms with Crippen LogP contribution in [0.5, 0.6) is 0 Å². The van der Waals surface area contributed by atoms with Crippen molar-refractivity contribution in [1.29, 1.82) is 0 Å². The molecular formula is C4H4O4. The van der Waals surface area contributed by atoms with Crippen LogP contribution in [0.3, 0.4) is 0 Å². The Kier molecular flexibility index (Phi) is 2.33. The second kappa shape index (κ2) is 2.79. The maximum atomic E-state index is 9.70. The lowest BCUT2D eigenvalue weighted by molar-refractivity contribution is -0.133. The van der Waals surface area contributed by atoms with Gasteiger partial charge in [-0.25, -0.2) is 4.79 Å². The van der Waals surface area contributed by atoms with Crippen molar-refractivity contribution in [3.05, 3.63) is 11.8 Å². The van der Waals surface area contributed by atoms with E-state index in [1.54, 1.807) is 0 Å². The number of hydrogen-bond acceptors (Lipinski definition) is 3. The summed E-state index contributed by atoms with van der Waals surface area (Å²) in [5.41, 5.74) is -0.648. The molecule has 44 valence electrons. The maximum Gasteiger partial charge on any atom is 0.342 e. The molecule has 0 amide bonds. The van der Waals surface area contributed by atoms with Crippen molar-refractivity contribution in [3.63, 3.8) is 0 Å². The zero-order valence-corrected chi connectivity index (χ0v) is 3.87. The number of aliphatic hydroxyl groups is 1. The van der Waals surface area contributed by atoms with E-state index in [9.17, 15) is 9.59 Å². The summed E-state index contributed by atoms with van der Waals surface area (Å²) in [5.74, 6) is -1.43. The average molecular weight is 116 g/mol. The van der Waals surface area contributed by atoms with E-state index in [4.69, 9.17) is 10.2 Å². The molecule has 0 aliphatic rings. The van der Waals surface area contributed by atoms with Crippen molar-refractivity contribution in [3.8, 4) is 0 Å². The molecule has 2 N–H and O–H groups in total. The number of rotatable bonds is 2. The van der Waals surface area contributed by atoms with Crippen LogP contribution in [0.2, 0.25) is 0 Å². The van der Waals surface area contributed by atoms with Crippen molar-refractivity contribution >= 4 is 12.3 Å². The standard InChI is InChI=1S/C4H4O4/c5-1-3(2-6)4(7)8/h1-2,5H,(H,7,8)/b3-1+. The molecule has 0 radical (unpaired) electrons. The molecule has 0 aromatic carbocycles. The van der Waals surface area contributed by atoms with Gasteiger partial charge in [0.25, 0.3) is 0 Å². The monoisotopic (exact) mass is 116 g/mol. The van der Waals surface area contributed by atoms with Crippen molar-refractivity contribution in [2.45, 2.75) is 0 Å². The van der Waals surface area contributed by atoms with Gasteiger partial charge >= 0.3 is 5.97 Å². The Morgan fingerprint density at radius 1 is 1.50 bits per heavy atom. The minimum Gasteiger partial charge on any atom is -0.515 e. The van der Waals surface area contributed by atoms with E-state index >= 15 is 0 Å². The van der Waals surface area contributed by atoms with Crippen molar-refractivity contribution < 1.29 is 19.8 Å². The fraction of sp³-hybridized carbons (Fsp3) is 0. The molecule has 8 heavy (non-hydrogen) atoms. The highest BCUT2D eigenvalue weighted by Crippen LogP contribution is 1.83. The summed E-state index contributed by atoms with van der Waals surface area (Å²) in [6.07, 6.45) is 0.303. The number of aliphatic hydroxyl groups excluding tert-OH is 1. The number of aliphatic carboxylic acids is 1. The minimum atomic E-state index is -1.43. The molecule has 0 saturated heterocycles. The quantitative estimate of drug-likeness (QED) is 0.171. The first-order chi connectivity index (χ1) is 3.72. The third-order valence-electron chi connectivity index (χ3n) is 0.513. The Balaban J connectivity index is 4.13. The predicted octanol–water partition coefficient (Wildman–Crippen LogP) is -0.288. The molecule has 0 spiro atoms. The van der Waals surface area contributed by atoms with Crippen LogP contribution < -0.4 is 0 Å². The first-order valence-corrected chi connectivity index (χ1v) is 1.75. The number of carbonyl (C=O) groups is 2. The van der Waals surface area contributed by atoms with Crippen LogP contribution in [0, 0.1) is 0 Å². The molecule has 0 aromatic heterocycles. The summed E-state index contributed by atoms with van der Waals surface area (Å²) in [6.45, 7) is 0. The zero-order valence-electron chi connectivity index (χ0n) is 3.87. The third-order valence-corrected chi connectivity index (χ3v) is 0.513. The summed E-state index contributed by atoms with van der Waals surface area (Å²) >= 11 is 0. The van der Waals surface area contributed by atoms with E-state index in [1.807, 2.05) is 0 Å². The maximum absolute atomic E-state index is 9.70. The second-order valence-electron chi connectivity index (χ2n) is 1.01. The van der Waals surface area contributed by atoms with Crippen LogP contribution in [0.25, 0.3) is 0 Å². The molecule has 0 bridgehead atoms. The normalized spacial score (nSPS) is 10.8. The minimum absolute atomic E-state index is 0.0579. The topological polar surface area (TPSA) is 74.6 Å². The van der Waals surface area contributed by atoms with E-state index < -0.39 is 11.5 Å². The SMILES string of the molecule is O=C/C(=C\O)C(=O)O. The Morgan fingerprint density at radius 3 is 2.00 bits per heavy atom. The van der Waals surface area contributed by atoms with Crippen LogP contribution in [-0.2, 0) is 9.59 Å². The summed E-state index contributed by atoms with van der Waals surface area (Å²) in [4.78, 5) is 19.3. The van der Waals surface area contributed by atoms with Crippen LogP contribution in [0.4, 0.5) is 0 Å². The third kappa shape index (κ3) is 1.42. The van der Waals surface area contributed by atoms with E-state index in [1.165, 1.54) is 0 Å². The molecule has 0 aliphatic carbocycles. The van der Waals surface area contributed by atoms with Gasteiger partial charge in [0.2, 0.25) is 0 Å². The molecular weight excluding hydrogens is 112 g/mol.